The molecule has 0 heterocycles. The van der Waals surface area contributed by atoms with Crippen molar-refractivity contribution in [2.75, 3.05) is 27.4 Å². The van der Waals surface area contributed by atoms with E-state index in [9.17, 15) is 0 Å². The van der Waals surface area contributed by atoms with E-state index >= 15 is 0 Å². The number of ether oxygens (including phenoxy) is 2. The van der Waals surface area contributed by atoms with E-state index in [0.717, 1.165) is 5.75 Å². The standard InChI is InChI=1S/C14H23NO2S/c1-12(17-3)14(10-15,11-16-2)18-9-13-7-5-4-6-8-13/h4-8,12H,9-11,15H2,1-3H3. The van der Waals surface area contributed by atoms with Gasteiger partial charge in [-0.3, -0.25) is 0 Å². The van der Waals surface area contributed by atoms with Crippen LogP contribution in [0.25, 0.3) is 0 Å². The molecule has 3 nitrogen and oxygen atoms in total. The highest BCUT2D eigenvalue weighted by molar-refractivity contribution is 8.00. The Kier molecular flexibility index (Phi) is 6.71. The molecule has 0 radical (unpaired) electrons. The summed E-state index contributed by atoms with van der Waals surface area (Å²) in [6.07, 6.45) is 0.0520. The Morgan fingerprint density at radius 3 is 2.44 bits per heavy atom. The molecule has 0 saturated carbocycles. The highest BCUT2D eigenvalue weighted by Gasteiger charge is 2.36. The Morgan fingerprint density at radius 1 is 1.28 bits per heavy atom. The lowest BCUT2D eigenvalue weighted by atomic mass is 10.0. The summed E-state index contributed by atoms with van der Waals surface area (Å²) in [7, 11) is 3.42. The number of methoxy groups -OCH3 is 2. The molecule has 0 bridgehead atoms. The number of benzene rings is 1. The van der Waals surface area contributed by atoms with Crippen LogP contribution in [-0.4, -0.2) is 38.2 Å². The summed E-state index contributed by atoms with van der Waals surface area (Å²) < 4.78 is 10.6. The Bertz CT molecular complexity index is 334. The molecule has 1 rings (SSSR count). The minimum absolute atomic E-state index is 0.0520. The summed E-state index contributed by atoms with van der Waals surface area (Å²) in [5, 5.41) is 0. The fourth-order valence-corrected chi connectivity index (χ4v) is 3.12. The van der Waals surface area contributed by atoms with Crippen molar-refractivity contribution in [3.63, 3.8) is 0 Å². The summed E-state index contributed by atoms with van der Waals surface area (Å²) >= 11 is 1.80. The second-order valence-electron chi connectivity index (χ2n) is 4.35. The van der Waals surface area contributed by atoms with Crippen LogP contribution in [0.5, 0.6) is 0 Å². The lowest BCUT2D eigenvalue weighted by Crippen LogP contribution is -2.49. The van der Waals surface area contributed by atoms with Crippen LogP contribution < -0.4 is 5.73 Å². The number of rotatable bonds is 8. The van der Waals surface area contributed by atoms with Gasteiger partial charge in [-0.05, 0) is 12.5 Å². The van der Waals surface area contributed by atoms with Gasteiger partial charge < -0.3 is 15.2 Å². The molecule has 2 atom stereocenters. The highest BCUT2D eigenvalue weighted by atomic mass is 32.2. The van der Waals surface area contributed by atoms with Crippen molar-refractivity contribution in [2.45, 2.75) is 23.5 Å². The zero-order valence-electron chi connectivity index (χ0n) is 11.4. The van der Waals surface area contributed by atoms with Crippen LogP contribution in [0.2, 0.25) is 0 Å². The lowest BCUT2D eigenvalue weighted by Gasteiger charge is -2.36. The molecule has 0 amide bonds. The normalized spacial score (nSPS) is 16.2. The van der Waals surface area contributed by atoms with Crippen molar-refractivity contribution in [1.82, 2.24) is 0 Å². The monoisotopic (exact) mass is 269 g/mol. The van der Waals surface area contributed by atoms with E-state index in [2.05, 4.69) is 24.3 Å². The number of nitrogens with two attached hydrogens (primary N) is 1. The third kappa shape index (κ3) is 3.99. The van der Waals surface area contributed by atoms with Gasteiger partial charge in [0.25, 0.3) is 0 Å². The molecule has 0 spiro atoms. The first-order valence-electron chi connectivity index (χ1n) is 6.08. The average molecular weight is 269 g/mol. The van der Waals surface area contributed by atoms with Gasteiger partial charge >= 0.3 is 0 Å². The van der Waals surface area contributed by atoms with E-state index in [1.807, 2.05) is 13.0 Å². The molecule has 2 N–H and O–H groups in total. The van der Waals surface area contributed by atoms with Crippen molar-refractivity contribution in [3.05, 3.63) is 35.9 Å². The van der Waals surface area contributed by atoms with Crippen LogP contribution in [-0.2, 0) is 15.2 Å². The highest BCUT2D eigenvalue weighted by Crippen LogP contribution is 2.33. The second-order valence-corrected chi connectivity index (χ2v) is 5.74. The van der Waals surface area contributed by atoms with Crippen LogP contribution in [0.15, 0.2) is 30.3 Å². The van der Waals surface area contributed by atoms with E-state index < -0.39 is 0 Å². The van der Waals surface area contributed by atoms with Crippen molar-refractivity contribution >= 4 is 11.8 Å². The number of thioether (sulfide) groups is 1. The van der Waals surface area contributed by atoms with Gasteiger partial charge in [0.05, 0.1) is 17.5 Å². The van der Waals surface area contributed by atoms with E-state index in [1.165, 1.54) is 5.56 Å². The molecule has 0 aromatic heterocycles. The quantitative estimate of drug-likeness (QED) is 0.786. The van der Waals surface area contributed by atoms with E-state index in [0.29, 0.717) is 13.2 Å². The summed E-state index contributed by atoms with van der Waals surface area (Å²) in [4.78, 5) is 0. The van der Waals surface area contributed by atoms with E-state index in [4.69, 9.17) is 15.2 Å². The summed E-state index contributed by atoms with van der Waals surface area (Å²) in [5.74, 6) is 0.912. The predicted molar refractivity (Wildman–Crippen MR) is 77.9 cm³/mol. The summed E-state index contributed by atoms with van der Waals surface area (Å²) in [6, 6.07) is 10.4. The first-order chi connectivity index (χ1) is 8.68. The molecule has 1 aromatic rings. The maximum Gasteiger partial charge on any atom is 0.0776 e. The van der Waals surface area contributed by atoms with Gasteiger partial charge in [-0.2, -0.15) is 0 Å². The topological polar surface area (TPSA) is 44.5 Å². The lowest BCUT2D eigenvalue weighted by molar-refractivity contribution is 0.0471. The van der Waals surface area contributed by atoms with Gasteiger partial charge in [-0.15, -0.1) is 11.8 Å². The summed E-state index contributed by atoms with van der Waals surface area (Å²) in [5.41, 5.74) is 7.25. The minimum Gasteiger partial charge on any atom is -0.383 e. The van der Waals surface area contributed by atoms with Gasteiger partial charge in [-0.25, -0.2) is 0 Å². The molecule has 102 valence electrons. The average Bonchev–Trinajstić information content (AvgIpc) is 2.44. The third-order valence-corrected chi connectivity index (χ3v) is 4.87. The molecule has 0 fully saturated rings. The Balaban J connectivity index is 2.72. The molecule has 0 aliphatic rings. The number of hydrogen-bond acceptors (Lipinski definition) is 4. The zero-order valence-corrected chi connectivity index (χ0v) is 12.2. The molecule has 4 heteroatoms. The maximum absolute atomic E-state index is 5.95. The van der Waals surface area contributed by atoms with Crippen LogP contribution >= 0.6 is 11.8 Å². The minimum atomic E-state index is -0.195. The van der Waals surface area contributed by atoms with E-state index in [-0.39, 0.29) is 10.9 Å². The molecule has 0 aliphatic carbocycles. The summed E-state index contributed by atoms with van der Waals surface area (Å²) in [6.45, 7) is 3.17. The van der Waals surface area contributed by atoms with Gasteiger partial charge in [0, 0.05) is 26.5 Å². The fourth-order valence-electron chi connectivity index (χ4n) is 1.82. The van der Waals surface area contributed by atoms with Crippen LogP contribution in [0.4, 0.5) is 0 Å². The SMILES string of the molecule is COCC(CN)(SCc1ccccc1)C(C)OC. The first-order valence-corrected chi connectivity index (χ1v) is 7.06. The first kappa shape index (κ1) is 15.5. The van der Waals surface area contributed by atoms with Crippen LogP contribution in [0.1, 0.15) is 12.5 Å². The zero-order chi connectivity index (χ0) is 13.4. The molecule has 18 heavy (non-hydrogen) atoms. The third-order valence-electron chi connectivity index (χ3n) is 3.20. The van der Waals surface area contributed by atoms with Crippen LogP contribution in [0.3, 0.4) is 0 Å². The van der Waals surface area contributed by atoms with Gasteiger partial charge in [-0.1, -0.05) is 30.3 Å². The maximum atomic E-state index is 5.95. The number of hydrogen-bond donors (Lipinski definition) is 1. The molecule has 0 aliphatic heterocycles. The smallest absolute Gasteiger partial charge is 0.0776 e. The van der Waals surface area contributed by atoms with E-state index in [1.54, 1.807) is 26.0 Å². The van der Waals surface area contributed by atoms with Crippen molar-refractivity contribution < 1.29 is 9.47 Å². The van der Waals surface area contributed by atoms with Gasteiger partial charge in [0.2, 0.25) is 0 Å². The van der Waals surface area contributed by atoms with Crippen molar-refractivity contribution in [3.8, 4) is 0 Å². The Labute approximate surface area is 114 Å². The fraction of sp³-hybridized carbons (Fsp3) is 0.571. The Morgan fingerprint density at radius 2 is 1.94 bits per heavy atom. The Hall–Kier alpha value is -0.550. The van der Waals surface area contributed by atoms with Gasteiger partial charge in [0.15, 0.2) is 0 Å². The molecular weight excluding hydrogens is 246 g/mol. The molecule has 2 unspecified atom stereocenters. The van der Waals surface area contributed by atoms with Crippen LogP contribution in [0, 0.1) is 0 Å². The van der Waals surface area contributed by atoms with Crippen molar-refractivity contribution in [2.24, 2.45) is 5.73 Å². The largest absolute Gasteiger partial charge is 0.383 e. The molecule has 0 saturated heterocycles. The molecular formula is C14H23NO2S. The van der Waals surface area contributed by atoms with Crippen molar-refractivity contribution in [1.29, 1.82) is 0 Å². The predicted octanol–water partition coefficient (Wildman–Crippen LogP) is 2.30. The van der Waals surface area contributed by atoms with Gasteiger partial charge in [0.1, 0.15) is 0 Å². The second kappa shape index (κ2) is 7.79. The molecule has 1 aromatic carbocycles.